The maximum absolute atomic E-state index is 16.0. The van der Waals surface area contributed by atoms with Gasteiger partial charge in [0.25, 0.3) is 0 Å². The molecule has 230 valence electrons. The van der Waals surface area contributed by atoms with Crippen LogP contribution in [0, 0.1) is 5.82 Å². The molecule has 0 aliphatic heterocycles. The lowest BCUT2D eigenvalue weighted by Crippen LogP contribution is -2.11. The Labute approximate surface area is 254 Å². The third-order valence-corrected chi connectivity index (χ3v) is 6.58. The number of ether oxygens (including phenoxy) is 3. The number of hydrogen-bond acceptors (Lipinski definition) is 6. The summed E-state index contributed by atoms with van der Waals surface area (Å²) >= 11 is 0. The van der Waals surface area contributed by atoms with E-state index in [-0.39, 0.29) is 42.3 Å². The zero-order valence-corrected chi connectivity index (χ0v) is 25.8. The molecule has 43 heavy (non-hydrogen) atoms. The van der Waals surface area contributed by atoms with Crippen molar-refractivity contribution in [1.82, 2.24) is 0 Å². The van der Waals surface area contributed by atoms with Gasteiger partial charge in [0, 0.05) is 28.7 Å². The van der Waals surface area contributed by atoms with Crippen molar-refractivity contribution >= 4 is 17.5 Å². The van der Waals surface area contributed by atoms with Crippen molar-refractivity contribution in [2.45, 2.75) is 59.8 Å². The van der Waals surface area contributed by atoms with Crippen LogP contribution in [0.25, 0.3) is 16.7 Å². The van der Waals surface area contributed by atoms with Crippen LogP contribution in [0.1, 0.15) is 64.5 Å². The summed E-state index contributed by atoms with van der Waals surface area (Å²) in [6.07, 6.45) is 7.96. The van der Waals surface area contributed by atoms with Gasteiger partial charge < -0.3 is 19.3 Å². The molecular weight excluding hydrogens is 547 g/mol. The lowest BCUT2D eigenvalue weighted by atomic mass is 9.97. The summed E-state index contributed by atoms with van der Waals surface area (Å²) in [6, 6.07) is 11.0. The van der Waals surface area contributed by atoms with Gasteiger partial charge in [0.15, 0.2) is 11.6 Å². The van der Waals surface area contributed by atoms with Crippen LogP contribution < -0.4 is 4.74 Å². The van der Waals surface area contributed by atoms with Crippen LogP contribution in [0.15, 0.2) is 90.8 Å². The van der Waals surface area contributed by atoms with E-state index in [2.05, 4.69) is 26.7 Å². The molecule has 0 fully saturated rings. The number of esters is 2. The second-order valence-corrected chi connectivity index (χ2v) is 10.4. The Bertz CT molecular complexity index is 1380. The fourth-order valence-electron chi connectivity index (χ4n) is 4.02. The van der Waals surface area contributed by atoms with E-state index in [1.165, 1.54) is 12.5 Å². The van der Waals surface area contributed by atoms with Gasteiger partial charge in [0.2, 0.25) is 0 Å². The summed E-state index contributed by atoms with van der Waals surface area (Å²) in [7, 11) is 0. The van der Waals surface area contributed by atoms with Crippen molar-refractivity contribution in [3.8, 4) is 16.9 Å². The lowest BCUT2D eigenvalue weighted by molar-refractivity contribution is -0.138. The number of aryl methyl sites for hydroxylation is 1. The molecule has 0 bridgehead atoms. The molecule has 0 heterocycles. The summed E-state index contributed by atoms with van der Waals surface area (Å²) in [5, 5.41) is 9.28. The highest BCUT2D eigenvalue weighted by Gasteiger charge is 2.20. The highest BCUT2D eigenvalue weighted by molar-refractivity contribution is 5.91. The third kappa shape index (κ3) is 10.8. The third-order valence-electron chi connectivity index (χ3n) is 6.58. The first-order valence-electron chi connectivity index (χ1n) is 14.4. The first-order chi connectivity index (χ1) is 20.5. The molecule has 0 amide bonds. The van der Waals surface area contributed by atoms with Gasteiger partial charge in [-0.05, 0) is 68.0 Å². The van der Waals surface area contributed by atoms with E-state index < -0.39 is 17.8 Å². The van der Waals surface area contributed by atoms with E-state index in [1.54, 1.807) is 38.1 Å². The van der Waals surface area contributed by atoms with Crippen LogP contribution in [0.4, 0.5) is 4.39 Å². The fourth-order valence-corrected chi connectivity index (χ4v) is 4.02. The number of carbonyl (C=O) groups is 2. The number of benzene rings is 2. The predicted molar refractivity (Wildman–Crippen MR) is 170 cm³/mol. The smallest absolute Gasteiger partial charge is 0.338 e. The Morgan fingerprint density at radius 3 is 2.16 bits per heavy atom. The van der Waals surface area contributed by atoms with E-state index in [0.29, 0.717) is 28.9 Å². The lowest BCUT2D eigenvalue weighted by Gasteiger charge is -2.15. The minimum atomic E-state index is -0.757. The molecule has 1 N–H and O–H groups in total. The summed E-state index contributed by atoms with van der Waals surface area (Å²) in [4.78, 5) is 24.2. The van der Waals surface area contributed by atoms with Crippen LogP contribution in [0.5, 0.6) is 5.75 Å². The topological polar surface area (TPSA) is 82.1 Å². The van der Waals surface area contributed by atoms with Crippen LogP contribution in [-0.4, -0.2) is 36.9 Å². The molecule has 2 aromatic rings. The molecule has 7 heteroatoms. The fraction of sp³-hybridized carbons (Fsp3) is 0.333. The molecule has 0 spiro atoms. The monoisotopic (exact) mass is 590 g/mol. The van der Waals surface area contributed by atoms with Crippen molar-refractivity contribution in [3.05, 3.63) is 108 Å². The average Bonchev–Trinajstić information content (AvgIpc) is 2.98. The van der Waals surface area contributed by atoms with Gasteiger partial charge in [-0.15, -0.1) is 0 Å². The van der Waals surface area contributed by atoms with E-state index in [0.717, 1.165) is 31.3 Å². The number of hydrogen-bond donors (Lipinski definition) is 1. The van der Waals surface area contributed by atoms with Crippen LogP contribution in [0.3, 0.4) is 0 Å². The number of unbranched alkanes of at least 4 members (excludes halogenated alkanes) is 2. The second-order valence-electron chi connectivity index (χ2n) is 10.4. The van der Waals surface area contributed by atoms with Gasteiger partial charge in [0.05, 0.1) is 13.2 Å². The Hall–Kier alpha value is -4.23. The molecule has 6 nitrogen and oxygen atoms in total. The van der Waals surface area contributed by atoms with E-state index >= 15 is 4.39 Å². The Morgan fingerprint density at radius 1 is 0.884 bits per heavy atom. The van der Waals surface area contributed by atoms with Gasteiger partial charge in [-0.25, -0.2) is 14.0 Å². The number of rotatable bonds is 17. The molecule has 2 aromatic carbocycles. The number of allylic oxidation sites excluding steroid dienone is 3. The van der Waals surface area contributed by atoms with Crippen molar-refractivity contribution < 1.29 is 33.3 Å². The molecule has 0 unspecified atom stereocenters. The molecule has 2 rings (SSSR count). The predicted octanol–water partition coefficient (Wildman–Crippen LogP) is 8.07. The summed E-state index contributed by atoms with van der Waals surface area (Å²) in [5.41, 5.74) is 3.93. The van der Waals surface area contributed by atoms with Crippen LogP contribution in [0.2, 0.25) is 0 Å². The van der Waals surface area contributed by atoms with Crippen molar-refractivity contribution in [2.24, 2.45) is 0 Å². The molecule has 0 aliphatic carbocycles. The number of halogens is 1. The van der Waals surface area contributed by atoms with Crippen molar-refractivity contribution in [3.63, 3.8) is 0 Å². The van der Waals surface area contributed by atoms with Crippen molar-refractivity contribution in [1.29, 1.82) is 0 Å². The molecular formula is C36H43FO6. The molecule has 0 atom stereocenters. The van der Waals surface area contributed by atoms with E-state index in [4.69, 9.17) is 14.2 Å². The van der Waals surface area contributed by atoms with Gasteiger partial charge in [0.1, 0.15) is 12.4 Å². The maximum atomic E-state index is 16.0. The van der Waals surface area contributed by atoms with Gasteiger partial charge >= 0.3 is 11.9 Å². The first kappa shape index (κ1) is 35.0. The van der Waals surface area contributed by atoms with E-state index in [1.807, 2.05) is 24.3 Å². The first-order valence-corrected chi connectivity index (χ1v) is 14.4. The van der Waals surface area contributed by atoms with Crippen LogP contribution >= 0.6 is 0 Å². The Balaban J connectivity index is 2.41. The summed E-state index contributed by atoms with van der Waals surface area (Å²) in [5.74, 6) is -1.76. The highest BCUT2D eigenvalue weighted by Crippen LogP contribution is 2.36. The summed E-state index contributed by atoms with van der Waals surface area (Å²) in [6.45, 7) is 18.2. The Morgan fingerprint density at radius 2 is 1.56 bits per heavy atom. The maximum Gasteiger partial charge on any atom is 0.338 e. The average molecular weight is 591 g/mol. The number of aliphatic hydroxyl groups is 1. The SMILES string of the molecule is C=C(C)C(=O)OCC/C(C)=C(/C=C\C(=C)c1ccc(-c2ccc(CCCCC)cc2)c(F)c1OC(=O)C(=C)C)OCCO. The second kappa shape index (κ2) is 17.7. The van der Waals surface area contributed by atoms with Gasteiger partial charge in [-0.1, -0.05) is 75.9 Å². The molecule has 0 aliphatic rings. The number of aliphatic hydroxyl groups excluding tert-OH is 1. The minimum Gasteiger partial charge on any atom is -0.491 e. The van der Waals surface area contributed by atoms with Crippen molar-refractivity contribution in [2.75, 3.05) is 19.8 Å². The van der Waals surface area contributed by atoms with E-state index in [9.17, 15) is 14.7 Å². The summed E-state index contributed by atoms with van der Waals surface area (Å²) < 4.78 is 32.4. The normalized spacial score (nSPS) is 11.6. The van der Waals surface area contributed by atoms with Gasteiger partial charge in [-0.3, -0.25) is 0 Å². The minimum absolute atomic E-state index is 0.0389. The zero-order chi connectivity index (χ0) is 31.9. The standard InChI is InChI=1S/C36H43FO6/c1-8-9-10-11-28-13-15-29(16-14-28)31-18-17-30(34(33(31)37)43-36(40)25(4)5)26(6)12-19-32(41-23-21-38)27(7)20-22-42-35(39)24(2)3/h12-19,38H,2,4,6,8-11,20-23H2,1,3,5,7H3/b19-12-,32-27-. The Kier molecular flexibility index (Phi) is 14.4. The molecule has 0 aromatic heterocycles. The van der Waals surface area contributed by atoms with Crippen LogP contribution in [-0.2, 0) is 25.5 Å². The van der Waals surface area contributed by atoms with Gasteiger partial charge in [-0.2, -0.15) is 0 Å². The molecule has 0 saturated carbocycles. The quantitative estimate of drug-likeness (QED) is 0.0501. The highest BCUT2D eigenvalue weighted by atomic mass is 19.1. The molecule has 0 radical (unpaired) electrons. The number of carbonyl (C=O) groups excluding carboxylic acids is 2. The zero-order valence-electron chi connectivity index (χ0n) is 25.8. The molecule has 0 saturated heterocycles. The largest absolute Gasteiger partial charge is 0.491 e.